The average molecular weight is 418 g/mol. The van der Waals surface area contributed by atoms with E-state index < -0.39 is 18.0 Å². The second-order valence-electron chi connectivity index (χ2n) is 7.42. The van der Waals surface area contributed by atoms with Gasteiger partial charge in [0.05, 0.1) is 17.1 Å². The van der Waals surface area contributed by atoms with Gasteiger partial charge in [-0.1, -0.05) is 36.4 Å². The van der Waals surface area contributed by atoms with Crippen molar-refractivity contribution in [1.29, 1.82) is 0 Å². The van der Waals surface area contributed by atoms with E-state index in [1.807, 2.05) is 48.6 Å². The number of primary amides is 1. The molecule has 1 fully saturated rings. The Labute approximate surface area is 178 Å². The van der Waals surface area contributed by atoms with Crippen molar-refractivity contribution in [2.24, 2.45) is 11.7 Å². The molecule has 0 atom stereocenters. The normalized spacial score (nSPS) is 14.8. The summed E-state index contributed by atoms with van der Waals surface area (Å²) in [7, 11) is 0. The lowest BCUT2D eigenvalue weighted by atomic mass is 9.96. The van der Waals surface area contributed by atoms with Crippen LogP contribution in [0.15, 0.2) is 48.5 Å². The van der Waals surface area contributed by atoms with Crippen LogP contribution in [0.2, 0.25) is 0 Å². The number of fused-ring (bicyclic) bond motifs is 1. The maximum absolute atomic E-state index is 12.8. The third-order valence-electron chi connectivity index (χ3n) is 5.41. The fourth-order valence-electron chi connectivity index (χ4n) is 3.71. The number of carbonyl (C=O) groups is 3. The minimum Gasteiger partial charge on any atom is -0.376 e. The van der Waals surface area contributed by atoms with Crippen LogP contribution in [-0.2, 0) is 9.53 Å². The van der Waals surface area contributed by atoms with Gasteiger partial charge in [-0.2, -0.15) is 5.10 Å². The van der Waals surface area contributed by atoms with Gasteiger partial charge in [-0.25, -0.2) is 4.79 Å². The highest BCUT2D eigenvalue weighted by Crippen LogP contribution is 2.21. The number of likely N-dealkylation sites (tertiary alicyclic amines) is 1. The number of nitrogens with two attached hydrogens (primary N) is 1. The first-order valence-corrected chi connectivity index (χ1v) is 10.0. The van der Waals surface area contributed by atoms with Crippen LogP contribution in [0.1, 0.15) is 34.5 Å². The van der Waals surface area contributed by atoms with Crippen molar-refractivity contribution in [3.63, 3.8) is 0 Å². The summed E-state index contributed by atoms with van der Waals surface area (Å²) in [6.45, 7) is 0.844. The zero-order valence-corrected chi connectivity index (χ0v) is 16.8. The first-order valence-electron chi connectivity index (χ1n) is 10.0. The summed E-state index contributed by atoms with van der Waals surface area (Å²) in [4.78, 5) is 36.9. The molecule has 3 N–H and O–H groups in total. The number of hydrogen-bond acceptors (Lipinski definition) is 5. The van der Waals surface area contributed by atoms with E-state index in [4.69, 9.17) is 5.73 Å². The van der Waals surface area contributed by atoms with E-state index in [1.54, 1.807) is 17.0 Å². The number of hydrogen-bond donors (Lipinski definition) is 2. The van der Waals surface area contributed by atoms with Crippen LogP contribution >= 0.6 is 0 Å². The van der Waals surface area contributed by atoms with Crippen LogP contribution in [0.3, 0.4) is 0 Å². The van der Waals surface area contributed by atoms with Crippen LogP contribution < -0.4 is 5.73 Å². The quantitative estimate of drug-likeness (QED) is 0.498. The number of H-pyrrole nitrogens is 1. The number of amides is 2. The van der Waals surface area contributed by atoms with Gasteiger partial charge < -0.3 is 15.4 Å². The summed E-state index contributed by atoms with van der Waals surface area (Å²) in [5.74, 6) is -1.13. The standard InChI is InChI=1S/C23H22N4O4/c24-23(30)31-22(29)17-11-13-27(14-12-17)21(28)16-8-5-15(6-9-16)7-10-20-18-3-1-2-4-19(18)25-26-20/h1-10,17H,11-14H2,(H2,24,30)(H,25,26). The van der Waals surface area contributed by atoms with Crippen molar-refractivity contribution >= 4 is 41.0 Å². The Morgan fingerprint density at radius 3 is 2.45 bits per heavy atom. The minimum absolute atomic E-state index is 0.0875. The second kappa shape index (κ2) is 8.83. The lowest BCUT2D eigenvalue weighted by Gasteiger charge is -2.30. The summed E-state index contributed by atoms with van der Waals surface area (Å²) in [5, 5.41) is 8.37. The number of nitrogens with one attached hydrogen (secondary N) is 1. The Morgan fingerprint density at radius 2 is 1.74 bits per heavy atom. The molecule has 0 bridgehead atoms. The Morgan fingerprint density at radius 1 is 1.03 bits per heavy atom. The van der Waals surface area contributed by atoms with Gasteiger partial charge in [0.25, 0.3) is 5.91 Å². The lowest BCUT2D eigenvalue weighted by Crippen LogP contribution is -2.41. The van der Waals surface area contributed by atoms with E-state index in [0.717, 1.165) is 22.2 Å². The summed E-state index contributed by atoms with van der Waals surface area (Å²) in [6, 6.07) is 15.3. The molecule has 8 heteroatoms. The molecule has 2 amide bonds. The fourth-order valence-corrected chi connectivity index (χ4v) is 3.71. The van der Waals surface area contributed by atoms with Gasteiger partial charge in [0.1, 0.15) is 0 Å². The SMILES string of the molecule is NC(=O)OC(=O)C1CCN(C(=O)c2ccc(C=Cc3n[nH]c4ccccc34)cc2)CC1. The molecule has 2 aromatic carbocycles. The molecule has 0 aliphatic carbocycles. The number of esters is 1. The van der Waals surface area contributed by atoms with E-state index in [2.05, 4.69) is 14.9 Å². The molecule has 3 aromatic rings. The van der Waals surface area contributed by atoms with Crippen molar-refractivity contribution in [3.8, 4) is 0 Å². The van der Waals surface area contributed by atoms with E-state index in [9.17, 15) is 14.4 Å². The predicted molar refractivity (Wildman–Crippen MR) is 116 cm³/mol. The fraction of sp³-hybridized carbons (Fsp3) is 0.217. The highest BCUT2D eigenvalue weighted by atomic mass is 16.6. The molecule has 31 heavy (non-hydrogen) atoms. The van der Waals surface area contributed by atoms with Crippen molar-refractivity contribution < 1.29 is 19.1 Å². The summed E-state index contributed by atoms with van der Waals surface area (Å²) in [5.41, 5.74) is 8.26. The van der Waals surface area contributed by atoms with Crippen LogP contribution in [0.5, 0.6) is 0 Å². The predicted octanol–water partition coefficient (Wildman–Crippen LogP) is 3.21. The van der Waals surface area contributed by atoms with Gasteiger partial charge in [0, 0.05) is 24.0 Å². The highest BCUT2D eigenvalue weighted by molar-refractivity contribution is 5.95. The maximum Gasteiger partial charge on any atom is 0.412 e. The largest absolute Gasteiger partial charge is 0.412 e. The van der Waals surface area contributed by atoms with Gasteiger partial charge >= 0.3 is 12.1 Å². The van der Waals surface area contributed by atoms with E-state index in [0.29, 0.717) is 31.5 Å². The molecule has 1 aliphatic rings. The zero-order valence-electron chi connectivity index (χ0n) is 16.8. The van der Waals surface area contributed by atoms with Crippen LogP contribution in [-0.4, -0.2) is 46.2 Å². The number of para-hydroxylation sites is 1. The molecule has 0 radical (unpaired) electrons. The number of rotatable bonds is 4. The Hall–Kier alpha value is -3.94. The number of aromatic amines is 1. The van der Waals surface area contributed by atoms with Crippen LogP contribution in [0, 0.1) is 5.92 Å². The lowest BCUT2D eigenvalue weighted by molar-refractivity contribution is -0.143. The van der Waals surface area contributed by atoms with Crippen molar-refractivity contribution in [3.05, 3.63) is 65.4 Å². The van der Waals surface area contributed by atoms with Crippen molar-refractivity contribution in [2.45, 2.75) is 12.8 Å². The molecule has 0 spiro atoms. The van der Waals surface area contributed by atoms with Crippen molar-refractivity contribution in [1.82, 2.24) is 15.1 Å². The first kappa shape index (κ1) is 20.3. The molecule has 4 rings (SSSR count). The number of carbonyl (C=O) groups excluding carboxylic acids is 3. The van der Waals surface area contributed by atoms with Gasteiger partial charge in [0.15, 0.2) is 0 Å². The molecule has 1 aliphatic heterocycles. The molecular weight excluding hydrogens is 396 g/mol. The van der Waals surface area contributed by atoms with Crippen molar-refractivity contribution in [2.75, 3.05) is 13.1 Å². The first-order chi connectivity index (χ1) is 15.0. The number of piperidine rings is 1. The molecule has 0 saturated carbocycles. The Balaban J connectivity index is 1.36. The molecule has 8 nitrogen and oxygen atoms in total. The molecule has 2 heterocycles. The van der Waals surface area contributed by atoms with Crippen LogP contribution in [0.4, 0.5) is 4.79 Å². The number of ether oxygens (including phenoxy) is 1. The number of nitrogens with zero attached hydrogens (tertiary/aromatic N) is 2. The monoisotopic (exact) mass is 418 g/mol. The average Bonchev–Trinajstić information content (AvgIpc) is 3.20. The van der Waals surface area contributed by atoms with E-state index in [-0.39, 0.29) is 5.91 Å². The summed E-state index contributed by atoms with van der Waals surface area (Å²) >= 11 is 0. The molecule has 1 saturated heterocycles. The van der Waals surface area contributed by atoms with E-state index >= 15 is 0 Å². The summed E-state index contributed by atoms with van der Waals surface area (Å²) in [6.07, 6.45) is 3.67. The maximum atomic E-state index is 12.8. The highest BCUT2D eigenvalue weighted by Gasteiger charge is 2.29. The number of benzene rings is 2. The summed E-state index contributed by atoms with van der Waals surface area (Å²) < 4.78 is 4.44. The Bertz CT molecular complexity index is 1140. The molecular formula is C23H22N4O4. The Kier molecular flexibility index (Phi) is 5.79. The molecule has 0 unspecified atom stereocenters. The van der Waals surface area contributed by atoms with E-state index in [1.165, 1.54) is 0 Å². The zero-order chi connectivity index (χ0) is 21.8. The van der Waals surface area contributed by atoms with Gasteiger partial charge in [-0.3, -0.25) is 14.7 Å². The van der Waals surface area contributed by atoms with Gasteiger partial charge in [-0.15, -0.1) is 0 Å². The number of aromatic nitrogens is 2. The molecule has 1 aromatic heterocycles. The van der Waals surface area contributed by atoms with Gasteiger partial charge in [-0.05, 0) is 42.7 Å². The molecule has 158 valence electrons. The smallest absolute Gasteiger partial charge is 0.376 e. The third kappa shape index (κ3) is 4.63. The topological polar surface area (TPSA) is 118 Å². The van der Waals surface area contributed by atoms with Crippen LogP contribution in [0.25, 0.3) is 23.1 Å². The third-order valence-corrected chi connectivity index (χ3v) is 5.41. The van der Waals surface area contributed by atoms with Gasteiger partial charge in [0.2, 0.25) is 0 Å². The second-order valence-corrected chi connectivity index (χ2v) is 7.42. The minimum atomic E-state index is -1.10.